The van der Waals surface area contributed by atoms with Crippen molar-refractivity contribution in [3.05, 3.63) is 48.0 Å². The Bertz CT molecular complexity index is 899. The van der Waals surface area contributed by atoms with E-state index in [9.17, 15) is 14.0 Å². The molecule has 1 N–H and O–H groups in total. The number of piperazine rings is 1. The summed E-state index contributed by atoms with van der Waals surface area (Å²) < 4.78 is 15.4. The highest BCUT2D eigenvalue weighted by Crippen LogP contribution is 2.32. The normalized spacial score (nSPS) is 26.7. The Balaban J connectivity index is 1.24. The number of hydrogen-bond donors (Lipinski definition) is 1. The summed E-state index contributed by atoms with van der Waals surface area (Å²) in [6.45, 7) is 1.81. The van der Waals surface area contributed by atoms with E-state index in [0.29, 0.717) is 31.7 Å². The summed E-state index contributed by atoms with van der Waals surface area (Å²) in [6, 6.07) is 5.98. The van der Waals surface area contributed by atoms with Crippen LogP contribution in [0.5, 0.6) is 0 Å². The molecule has 3 saturated heterocycles. The lowest BCUT2D eigenvalue weighted by Crippen LogP contribution is -2.60. The Kier molecular flexibility index (Phi) is 4.16. The van der Waals surface area contributed by atoms with Gasteiger partial charge in [-0.3, -0.25) is 9.59 Å². The Morgan fingerprint density at radius 3 is 2.82 bits per heavy atom. The molecule has 146 valence electrons. The molecule has 0 bridgehead atoms. The third-order valence-electron chi connectivity index (χ3n) is 6.02. The number of hydrogen-bond acceptors (Lipinski definition) is 4. The molecule has 8 heteroatoms. The van der Waals surface area contributed by atoms with Gasteiger partial charge in [-0.05, 0) is 31.4 Å². The Labute approximate surface area is 162 Å². The average Bonchev–Trinajstić information content (AvgIpc) is 3.44. The quantitative estimate of drug-likeness (QED) is 0.858. The van der Waals surface area contributed by atoms with E-state index in [1.54, 1.807) is 40.4 Å². The summed E-state index contributed by atoms with van der Waals surface area (Å²) in [6.07, 6.45) is 5.82. The second-order valence-corrected chi connectivity index (χ2v) is 7.75. The lowest BCUT2D eigenvalue weighted by molar-refractivity contribution is -0.156. The SMILES string of the molecule is O=C1[C@@H]2C[C@H](NCc3cnn(-c4ccccc4F)c3)CN2C(=O)[C@@H]2CCCN12. The molecule has 0 aliphatic carbocycles. The minimum atomic E-state index is -0.333. The van der Waals surface area contributed by atoms with Crippen molar-refractivity contribution in [3.8, 4) is 5.69 Å². The van der Waals surface area contributed by atoms with Crippen molar-refractivity contribution in [1.82, 2.24) is 24.9 Å². The highest BCUT2D eigenvalue weighted by Gasteiger charge is 2.51. The van der Waals surface area contributed by atoms with Crippen molar-refractivity contribution in [2.45, 2.75) is 43.9 Å². The Hall–Kier alpha value is -2.74. The third kappa shape index (κ3) is 2.79. The second kappa shape index (κ2) is 6.70. The van der Waals surface area contributed by atoms with Gasteiger partial charge in [0.25, 0.3) is 0 Å². The topological polar surface area (TPSA) is 70.5 Å². The molecular weight excluding hydrogens is 361 g/mol. The summed E-state index contributed by atoms with van der Waals surface area (Å²) in [7, 11) is 0. The summed E-state index contributed by atoms with van der Waals surface area (Å²) in [5.41, 5.74) is 1.33. The first-order chi connectivity index (χ1) is 13.6. The van der Waals surface area contributed by atoms with Gasteiger partial charge in [0, 0.05) is 37.4 Å². The number of nitrogens with zero attached hydrogens (tertiary/aromatic N) is 4. The van der Waals surface area contributed by atoms with Crippen LogP contribution in [0.3, 0.4) is 0 Å². The molecule has 2 amide bonds. The van der Waals surface area contributed by atoms with Gasteiger partial charge in [-0.25, -0.2) is 9.07 Å². The largest absolute Gasteiger partial charge is 0.329 e. The van der Waals surface area contributed by atoms with Crippen molar-refractivity contribution in [1.29, 1.82) is 0 Å². The van der Waals surface area contributed by atoms with Crippen LogP contribution in [-0.4, -0.2) is 62.6 Å². The fraction of sp³-hybridized carbons (Fsp3) is 0.450. The highest BCUT2D eigenvalue weighted by molar-refractivity contribution is 5.98. The van der Waals surface area contributed by atoms with E-state index in [4.69, 9.17) is 0 Å². The molecule has 3 aliphatic heterocycles. The number of halogens is 1. The number of carbonyl (C=O) groups excluding carboxylic acids is 2. The number of rotatable bonds is 4. The molecule has 0 radical (unpaired) electrons. The van der Waals surface area contributed by atoms with E-state index in [1.807, 2.05) is 0 Å². The van der Waals surface area contributed by atoms with Crippen LogP contribution in [0, 0.1) is 5.82 Å². The Morgan fingerprint density at radius 2 is 1.96 bits per heavy atom. The van der Waals surface area contributed by atoms with Gasteiger partial charge < -0.3 is 15.1 Å². The maximum atomic E-state index is 13.9. The Morgan fingerprint density at radius 1 is 1.14 bits per heavy atom. The number of carbonyl (C=O) groups is 2. The molecule has 1 aromatic carbocycles. The van der Waals surface area contributed by atoms with Crippen LogP contribution < -0.4 is 5.32 Å². The molecule has 5 rings (SSSR count). The van der Waals surface area contributed by atoms with Crippen LogP contribution in [0.4, 0.5) is 4.39 Å². The predicted octanol–water partition coefficient (Wildman–Crippen LogP) is 1.08. The van der Waals surface area contributed by atoms with E-state index in [0.717, 1.165) is 18.4 Å². The first-order valence-electron chi connectivity index (χ1n) is 9.74. The lowest BCUT2D eigenvalue weighted by atomic mass is 10.1. The van der Waals surface area contributed by atoms with Crippen LogP contribution in [0.1, 0.15) is 24.8 Å². The van der Waals surface area contributed by atoms with Crippen molar-refractivity contribution >= 4 is 11.8 Å². The van der Waals surface area contributed by atoms with Crippen LogP contribution in [0.2, 0.25) is 0 Å². The van der Waals surface area contributed by atoms with Gasteiger partial charge in [0.1, 0.15) is 23.6 Å². The fourth-order valence-electron chi connectivity index (χ4n) is 4.61. The molecule has 28 heavy (non-hydrogen) atoms. The molecule has 0 unspecified atom stereocenters. The molecule has 4 heterocycles. The van der Waals surface area contributed by atoms with Gasteiger partial charge in [0.05, 0.1) is 6.20 Å². The van der Waals surface area contributed by atoms with E-state index >= 15 is 0 Å². The fourth-order valence-corrected chi connectivity index (χ4v) is 4.61. The molecule has 7 nitrogen and oxygen atoms in total. The summed E-state index contributed by atoms with van der Waals surface area (Å²) >= 11 is 0. The molecule has 3 aliphatic rings. The van der Waals surface area contributed by atoms with Gasteiger partial charge in [0.15, 0.2) is 0 Å². The monoisotopic (exact) mass is 383 g/mol. The van der Waals surface area contributed by atoms with Gasteiger partial charge in [-0.15, -0.1) is 0 Å². The van der Waals surface area contributed by atoms with Crippen molar-refractivity contribution in [2.24, 2.45) is 0 Å². The molecule has 2 aromatic rings. The van der Waals surface area contributed by atoms with Gasteiger partial charge >= 0.3 is 0 Å². The van der Waals surface area contributed by atoms with Crippen LogP contribution >= 0.6 is 0 Å². The van der Waals surface area contributed by atoms with Crippen LogP contribution in [-0.2, 0) is 16.1 Å². The van der Waals surface area contributed by atoms with Gasteiger partial charge in [-0.1, -0.05) is 12.1 Å². The van der Waals surface area contributed by atoms with E-state index in [1.165, 1.54) is 10.7 Å². The van der Waals surface area contributed by atoms with Gasteiger partial charge in [0.2, 0.25) is 11.8 Å². The van der Waals surface area contributed by atoms with Crippen molar-refractivity contribution in [3.63, 3.8) is 0 Å². The maximum absolute atomic E-state index is 13.9. The summed E-state index contributed by atoms with van der Waals surface area (Å²) in [5, 5.41) is 7.67. The number of amides is 2. The standard InChI is InChI=1S/C20H22FN5O2/c21-15-4-1-2-5-16(15)26-11-13(10-23-26)9-22-14-8-18-20(28)24-7-3-6-17(24)19(27)25(18)12-14/h1-2,4-5,10-11,14,17-18,22H,3,6-9,12H2/t14-,17-,18-/m0/s1. The first kappa shape index (κ1) is 17.4. The first-order valence-corrected chi connectivity index (χ1v) is 9.74. The average molecular weight is 383 g/mol. The zero-order chi connectivity index (χ0) is 19.3. The number of nitrogens with one attached hydrogen (secondary N) is 1. The third-order valence-corrected chi connectivity index (χ3v) is 6.02. The minimum Gasteiger partial charge on any atom is -0.329 e. The summed E-state index contributed by atoms with van der Waals surface area (Å²) in [4.78, 5) is 28.9. The second-order valence-electron chi connectivity index (χ2n) is 7.75. The molecule has 0 spiro atoms. The number of para-hydroxylation sites is 1. The molecule has 0 saturated carbocycles. The van der Waals surface area contributed by atoms with Crippen molar-refractivity contribution in [2.75, 3.05) is 13.1 Å². The van der Waals surface area contributed by atoms with Crippen LogP contribution in [0.15, 0.2) is 36.7 Å². The minimum absolute atomic E-state index is 0.0646. The molecule has 3 fully saturated rings. The highest BCUT2D eigenvalue weighted by atomic mass is 19.1. The van der Waals surface area contributed by atoms with E-state index < -0.39 is 0 Å². The zero-order valence-electron chi connectivity index (χ0n) is 15.4. The zero-order valence-corrected chi connectivity index (χ0v) is 15.4. The van der Waals surface area contributed by atoms with Crippen molar-refractivity contribution < 1.29 is 14.0 Å². The van der Waals surface area contributed by atoms with Gasteiger partial charge in [-0.2, -0.15) is 5.10 Å². The molecule has 3 atom stereocenters. The lowest BCUT2D eigenvalue weighted by Gasteiger charge is -2.38. The maximum Gasteiger partial charge on any atom is 0.246 e. The van der Waals surface area contributed by atoms with E-state index in [2.05, 4.69) is 10.4 Å². The molecule has 1 aromatic heterocycles. The van der Waals surface area contributed by atoms with Crippen LogP contribution in [0.25, 0.3) is 5.69 Å². The number of benzene rings is 1. The summed E-state index contributed by atoms with van der Waals surface area (Å²) in [5.74, 6) is -0.132. The van der Waals surface area contributed by atoms with E-state index in [-0.39, 0.29) is 35.8 Å². The number of aromatic nitrogens is 2. The smallest absolute Gasteiger partial charge is 0.246 e. The number of fused-ring (bicyclic) bond motifs is 2. The molecular formula is C20H22FN5O2. The predicted molar refractivity (Wildman–Crippen MR) is 99.0 cm³/mol.